The second kappa shape index (κ2) is 9.93. The van der Waals surface area contributed by atoms with E-state index in [0.717, 1.165) is 11.1 Å². The van der Waals surface area contributed by atoms with Crippen LogP contribution in [0.4, 0.5) is 4.79 Å². The Morgan fingerprint density at radius 1 is 0.710 bits per heavy atom. The van der Waals surface area contributed by atoms with Crippen molar-refractivity contribution in [2.45, 2.75) is 0 Å². The van der Waals surface area contributed by atoms with Crippen molar-refractivity contribution in [2.75, 3.05) is 7.11 Å². The van der Waals surface area contributed by atoms with Gasteiger partial charge in [-0.1, -0.05) is 60.7 Å². The first kappa shape index (κ1) is 21.4. The van der Waals surface area contributed by atoms with Crippen molar-refractivity contribution in [3.63, 3.8) is 0 Å². The van der Waals surface area contributed by atoms with Gasteiger partial charge in [-0.2, -0.15) is 0 Å². The second-order valence-corrected chi connectivity index (χ2v) is 6.46. The van der Waals surface area contributed by atoms with Crippen LogP contribution in [0.5, 0.6) is 11.5 Å². The van der Waals surface area contributed by atoms with Gasteiger partial charge in [0.1, 0.15) is 17.1 Å². The molecule has 0 radical (unpaired) electrons. The fourth-order valence-corrected chi connectivity index (χ4v) is 3.06. The van der Waals surface area contributed by atoms with Crippen molar-refractivity contribution in [2.24, 2.45) is 0 Å². The van der Waals surface area contributed by atoms with Crippen molar-refractivity contribution < 1.29 is 29.3 Å². The summed E-state index contributed by atoms with van der Waals surface area (Å²) < 4.78 is 10.7. The molecule has 0 fully saturated rings. The number of esters is 1. The van der Waals surface area contributed by atoms with Crippen LogP contribution >= 0.6 is 0 Å². The summed E-state index contributed by atoms with van der Waals surface area (Å²) in [5.41, 5.74) is 2.59. The highest BCUT2D eigenvalue weighted by Crippen LogP contribution is 2.27. The molecule has 0 spiro atoms. The average molecular weight is 416 g/mol. The monoisotopic (exact) mass is 416 g/mol. The van der Waals surface area contributed by atoms with Crippen molar-refractivity contribution in [1.29, 1.82) is 0 Å². The van der Waals surface area contributed by atoms with E-state index in [1.165, 1.54) is 17.9 Å². The summed E-state index contributed by atoms with van der Waals surface area (Å²) >= 11 is 0. The van der Waals surface area contributed by atoms with E-state index in [-0.39, 0.29) is 0 Å². The van der Waals surface area contributed by atoms with Gasteiger partial charge in [0.2, 0.25) is 0 Å². The molecule has 0 saturated carbocycles. The highest BCUT2D eigenvalue weighted by molar-refractivity contribution is 5.94. The van der Waals surface area contributed by atoms with Crippen LogP contribution in [-0.2, 0) is 0 Å². The zero-order chi connectivity index (χ0) is 22.2. The van der Waals surface area contributed by atoms with Gasteiger partial charge in [0.25, 0.3) is 0 Å². The van der Waals surface area contributed by atoms with E-state index in [1.807, 2.05) is 30.3 Å². The number of carbonyl (C=O) groups is 2. The predicted molar refractivity (Wildman–Crippen MR) is 118 cm³/mol. The van der Waals surface area contributed by atoms with E-state index < -0.39 is 12.1 Å². The van der Waals surface area contributed by atoms with Crippen LogP contribution in [0.15, 0.2) is 91.0 Å². The molecule has 0 aliphatic heterocycles. The largest absolute Gasteiger partial charge is 0.503 e. The molecular weight excluding hydrogens is 396 g/mol. The molecule has 4 aromatic carbocycles. The van der Waals surface area contributed by atoms with Gasteiger partial charge in [0.15, 0.2) is 0 Å². The maximum absolute atomic E-state index is 12.4. The molecule has 0 amide bonds. The third kappa shape index (κ3) is 5.61. The summed E-state index contributed by atoms with van der Waals surface area (Å²) in [6.45, 7) is 0. The molecule has 0 aliphatic rings. The van der Waals surface area contributed by atoms with Crippen LogP contribution in [0.3, 0.4) is 0 Å². The number of ether oxygens (including phenoxy) is 2. The minimum absolute atomic E-state index is 0.401. The molecule has 0 unspecified atom stereocenters. The number of rotatable bonds is 4. The molecule has 31 heavy (non-hydrogen) atoms. The molecule has 2 N–H and O–H groups in total. The van der Waals surface area contributed by atoms with Gasteiger partial charge in [0.05, 0.1) is 7.11 Å². The molecule has 4 aromatic rings. The Morgan fingerprint density at radius 3 is 1.97 bits per heavy atom. The minimum Gasteiger partial charge on any atom is -0.496 e. The molecule has 4 rings (SSSR count). The van der Waals surface area contributed by atoms with Crippen LogP contribution in [0, 0.1) is 0 Å². The van der Waals surface area contributed by atoms with E-state index in [9.17, 15) is 4.79 Å². The molecule has 0 saturated heterocycles. The van der Waals surface area contributed by atoms with Crippen LogP contribution in [0.25, 0.3) is 21.9 Å². The quantitative estimate of drug-likeness (QED) is 0.315. The molecule has 0 bridgehead atoms. The third-order valence-electron chi connectivity index (χ3n) is 4.47. The summed E-state index contributed by atoms with van der Waals surface area (Å²) in [5, 5.41) is 16.4. The number of benzene rings is 4. The van der Waals surface area contributed by atoms with E-state index in [1.54, 1.807) is 30.3 Å². The number of para-hydroxylation sites is 1. The fourth-order valence-electron chi connectivity index (χ4n) is 3.06. The third-order valence-corrected chi connectivity index (χ3v) is 4.47. The topological polar surface area (TPSA) is 93.1 Å². The standard InChI is InChI=1S/C24H18O3.CH2O3/c1-26-23-9-5-4-8-22(23)24(25)27-21-14-12-18(13-15-21)20-11-10-17-6-2-3-7-19(17)16-20;2-1(3)4/h2-16H,1H3;(H2,2,3,4). The molecule has 156 valence electrons. The number of hydrogen-bond acceptors (Lipinski definition) is 4. The van der Waals surface area contributed by atoms with Crippen molar-refractivity contribution in [3.8, 4) is 22.6 Å². The Labute approximate surface area is 178 Å². The predicted octanol–water partition coefficient (Wildman–Crippen LogP) is 5.96. The highest BCUT2D eigenvalue weighted by atomic mass is 16.6. The molecule has 6 nitrogen and oxygen atoms in total. The van der Waals surface area contributed by atoms with Crippen LogP contribution in [0.1, 0.15) is 10.4 Å². The summed E-state index contributed by atoms with van der Waals surface area (Å²) in [7, 11) is 1.53. The van der Waals surface area contributed by atoms with Gasteiger partial charge >= 0.3 is 12.1 Å². The Hall–Kier alpha value is -4.32. The Morgan fingerprint density at radius 2 is 1.29 bits per heavy atom. The van der Waals surface area contributed by atoms with Gasteiger partial charge in [-0.25, -0.2) is 9.59 Å². The van der Waals surface area contributed by atoms with Gasteiger partial charge in [-0.05, 0) is 52.2 Å². The lowest BCUT2D eigenvalue weighted by atomic mass is 10.0. The van der Waals surface area contributed by atoms with Crippen molar-refractivity contribution in [1.82, 2.24) is 0 Å². The minimum atomic E-state index is -1.83. The molecule has 0 aromatic heterocycles. The van der Waals surface area contributed by atoms with Crippen molar-refractivity contribution >= 4 is 22.9 Å². The number of fused-ring (bicyclic) bond motifs is 1. The van der Waals surface area contributed by atoms with Gasteiger partial charge in [-0.15, -0.1) is 0 Å². The maximum atomic E-state index is 12.4. The lowest BCUT2D eigenvalue weighted by Crippen LogP contribution is -2.09. The summed E-state index contributed by atoms with van der Waals surface area (Å²) in [4.78, 5) is 20.9. The zero-order valence-electron chi connectivity index (χ0n) is 16.7. The smallest absolute Gasteiger partial charge is 0.496 e. The first-order valence-electron chi connectivity index (χ1n) is 9.34. The molecule has 6 heteroatoms. The van der Waals surface area contributed by atoms with Crippen molar-refractivity contribution in [3.05, 3.63) is 96.6 Å². The number of carboxylic acid groups (broad SMARTS) is 2. The maximum Gasteiger partial charge on any atom is 0.503 e. The van der Waals surface area contributed by atoms with Gasteiger partial charge in [-0.3, -0.25) is 0 Å². The van der Waals surface area contributed by atoms with Crippen LogP contribution < -0.4 is 9.47 Å². The lowest BCUT2D eigenvalue weighted by Gasteiger charge is -2.09. The Kier molecular flexibility index (Phi) is 6.85. The van der Waals surface area contributed by atoms with E-state index >= 15 is 0 Å². The number of carbonyl (C=O) groups excluding carboxylic acids is 1. The average Bonchev–Trinajstić information content (AvgIpc) is 2.79. The number of hydrogen-bond donors (Lipinski definition) is 2. The van der Waals surface area contributed by atoms with Crippen LogP contribution in [-0.4, -0.2) is 29.4 Å². The summed E-state index contributed by atoms with van der Waals surface area (Å²) in [5.74, 6) is 0.552. The normalized spacial score (nSPS) is 9.97. The van der Waals surface area contributed by atoms with E-state index in [0.29, 0.717) is 17.1 Å². The van der Waals surface area contributed by atoms with E-state index in [4.69, 9.17) is 24.5 Å². The molecule has 0 heterocycles. The van der Waals surface area contributed by atoms with Gasteiger partial charge < -0.3 is 19.7 Å². The second-order valence-electron chi connectivity index (χ2n) is 6.46. The lowest BCUT2D eigenvalue weighted by molar-refractivity contribution is 0.0731. The first-order valence-corrected chi connectivity index (χ1v) is 9.34. The molecular formula is C25H20O6. The highest BCUT2D eigenvalue weighted by Gasteiger charge is 2.14. The Balaban J connectivity index is 0.000000628. The van der Waals surface area contributed by atoms with Gasteiger partial charge in [0, 0.05) is 0 Å². The van der Waals surface area contributed by atoms with E-state index in [2.05, 4.69) is 30.3 Å². The molecule has 0 atom stereocenters. The van der Waals surface area contributed by atoms with Crippen LogP contribution in [0.2, 0.25) is 0 Å². The first-order chi connectivity index (χ1) is 15.0. The number of methoxy groups -OCH3 is 1. The molecule has 0 aliphatic carbocycles. The SMILES string of the molecule is COc1ccccc1C(=O)Oc1ccc(-c2ccc3ccccc3c2)cc1.O=C(O)O. The summed E-state index contributed by atoms with van der Waals surface area (Å²) in [6.07, 6.45) is -1.83. The fraction of sp³-hybridized carbons (Fsp3) is 0.0400. The summed E-state index contributed by atoms with van der Waals surface area (Å²) in [6, 6.07) is 29.2. The zero-order valence-corrected chi connectivity index (χ0v) is 16.7. The Bertz CT molecular complexity index is 1190.